The first-order chi connectivity index (χ1) is 15.8. The molecule has 0 atom stereocenters. The molecule has 166 valence electrons. The normalized spacial score (nSPS) is 13.6. The Morgan fingerprint density at radius 3 is 2.33 bits per heavy atom. The summed E-state index contributed by atoms with van der Waals surface area (Å²) in [6.45, 7) is 3.54. The lowest BCUT2D eigenvalue weighted by atomic mass is 10.0. The molecule has 0 unspecified atom stereocenters. The van der Waals surface area contributed by atoms with Crippen molar-refractivity contribution in [3.05, 3.63) is 111 Å². The highest BCUT2D eigenvalue weighted by Crippen LogP contribution is 2.33. The number of non-ortho nitro benzene ring substituents is 1. The summed E-state index contributed by atoms with van der Waals surface area (Å²) in [4.78, 5) is 38.2. The van der Waals surface area contributed by atoms with Gasteiger partial charge in [0.05, 0.1) is 17.0 Å². The average Bonchev–Trinajstić information content (AvgIpc) is 3.02. The second-order valence-corrected chi connectivity index (χ2v) is 7.79. The number of nitrogens with zero attached hydrogens (tertiary/aromatic N) is 2. The van der Waals surface area contributed by atoms with Gasteiger partial charge in [-0.05, 0) is 54.8 Å². The Hall–Kier alpha value is -4.33. The van der Waals surface area contributed by atoms with Crippen LogP contribution in [0.15, 0.2) is 72.4 Å². The van der Waals surface area contributed by atoms with Crippen LogP contribution in [0.2, 0.25) is 0 Å². The van der Waals surface area contributed by atoms with Crippen molar-refractivity contribution in [2.45, 2.75) is 20.4 Å². The topological polar surface area (TPSA) is 92.6 Å². The van der Waals surface area contributed by atoms with E-state index in [-0.39, 0.29) is 29.1 Å². The van der Waals surface area contributed by atoms with Crippen LogP contribution in [0.4, 0.5) is 15.8 Å². The Balaban J connectivity index is 1.79. The number of imide groups is 1. The van der Waals surface area contributed by atoms with Crippen LogP contribution in [0.1, 0.15) is 22.3 Å². The van der Waals surface area contributed by atoms with Crippen molar-refractivity contribution < 1.29 is 18.9 Å². The molecule has 33 heavy (non-hydrogen) atoms. The average molecular weight is 445 g/mol. The van der Waals surface area contributed by atoms with Crippen molar-refractivity contribution in [3.63, 3.8) is 0 Å². The van der Waals surface area contributed by atoms with Gasteiger partial charge in [-0.3, -0.25) is 24.6 Å². The van der Waals surface area contributed by atoms with E-state index in [0.29, 0.717) is 11.3 Å². The van der Waals surface area contributed by atoms with Crippen LogP contribution in [0.5, 0.6) is 0 Å². The lowest BCUT2D eigenvalue weighted by Crippen LogP contribution is -2.32. The van der Waals surface area contributed by atoms with Crippen LogP contribution in [0.25, 0.3) is 5.57 Å². The fourth-order valence-electron chi connectivity index (χ4n) is 3.66. The fourth-order valence-corrected chi connectivity index (χ4v) is 3.66. The van der Waals surface area contributed by atoms with Crippen LogP contribution >= 0.6 is 0 Å². The molecule has 0 aromatic heterocycles. The summed E-state index contributed by atoms with van der Waals surface area (Å²) in [5.74, 6) is -1.73. The molecule has 1 heterocycles. The monoisotopic (exact) mass is 445 g/mol. The van der Waals surface area contributed by atoms with E-state index in [2.05, 4.69) is 5.32 Å². The van der Waals surface area contributed by atoms with E-state index in [9.17, 15) is 24.1 Å². The first kappa shape index (κ1) is 21.9. The van der Waals surface area contributed by atoms with Gasteiger partial charge in [-0.2, -0.15) is 0 Å². The predicted molar refractivity (Wildman–Crippen MR) is 122 cm³/mol. The smallest absolute Gasteiger partial charge is 0.278 e. The van der Waals surface area contributed by atoms with Gasteiger partial charge < -0.3 is 5.32 Å². The van der Waals surface area contributed by atoms with E-state index in [1.54, 1.807) is 6.07 Å². The number of benzene rings is 3. The SMILES string of the molecule is Cc1ccc(C)c(NC2=C(c3ccc([N+](=O)[O-])cc3)C(=O)N(Cc3ccccc3F)C2=O)c1. The Morgan fingerprint density at radius 2 is 1.67 bits per heavy atom. The number of halogens is 1. The van der Waals surface area contributed by atoms with E-state index in [0.717, 1.165) is 16.0 Å². The molecule has 2 amide bonds. The minimum Gasteiger partial charge on any atom is -0.350 e. The number of rotatable bonds is 6. The number of hydrogen-bond acceptors (Lipinski definition) is 5. The lowest BCUT2D eigenvalue weighted by Gasteiger charge is -2.16. The summed E-state index contributed by atoms with van der Waals surface area (Å²) in [6, 6.07) is 17.0. The van der Waals surface area contributed by atoms with Crippen molar-refractivity contribution in [2.75, 3.05) is 5.32 Å². The summed E-state index contributed by atoms with van der Waals surface area (Å²) in [5.41, 5.74) is 3.01. The number of nitrogens with one attached hydrogen (secondary N) is 1. The molecular formula is C25H20FN3O4. The Kier molecular flexibility index (Phi) is 5.74. The van der Waals surface area contributed by atoms with Gasteiger partial charge in [-0.1, -0.05) is 30.3 Å². The summed E-state index contributed by atoms with van der Waals surface area (Å²) in [5, 5.41) is 14.1. The molecule has 3 aromatic rings. The van der Waals surface area contributed by atoms with Crippen molar-refractivity contribution in [1.29, 1.82) is 0 Å². The molecule has 0 aliphatic carbocycles. The first-order valence-corrected chi connectivity index (χ1v) is 10.2. The summed E-state index contributed by atoms with van der Waals surface area (Å²) < 4.78 is 14.2. The van der Waals surface area contributed by atoms with E-state index < -0.39 is 22.6 Å². The van der Waals surface area contributed by atoms with Gasteiger partial charge in [0.2, 0.25) is 0 Å². The summed E-state index contributed by atoms with van der Waals surface area (Å²) >= 11 is 0. The van der Waals surface area contributed by atoms with E-state index in [1.165, 1.54) is 42.5 Å². The minimum atomic E-state index is -0.607. The third-order valence-electron chi connectivity index (χ3n) is 5.47. The quantitative estimate of drug-likeness (QED) is 0.336. The third kappa shape index (κ3) is 4.23. The zero-order valence-corrected chi connectivity index (χ0v) is 18.0. The van der Waals surface area contributed by atoms with E-state index in [1.807, 2.05) is 32.0 Å². The van der Waals surface area contributed by atoms with Crippen molar-refractivity contribution in [1.82, 2.24) is 4.90 Å². The van der Waals surface area contributed by atoms with Crippen molar-refractivity contribution in [2.24, 2.45) is 0 Å². The van der Waals surface area contributed by atoms with Crippen LogP contribution in [-0.4, -0.2) is 21.6 Å². The van der Waals surface area contributed by atoms with Gasteiger partial charge in [0, 0.05) is 23.4 Å². The molecule has 1 N–H and O–H groups in total. The van der Waals surface area contributed by atoms with Crippen molar-refractivity contribution >= 4 is 28.8 Å². The van der Waals surface area contributed by atoms with Crippen molar-refractivity contribution in [3.8, 4) is 0 Å². The van der Waals surface area contributed by atoms with Gasteiger partial charge in [0.15, 0.2) is 0 Å². The highest BCUT2D eigenvalue weighted by Gasteiger charge is 2.39. The fraction of sp³-hybridized carbons (Fsp3) is 0.120. The van der Waals surface area contributed by atoms with Crippen LogP contribution in [0.3, 0.4) is 0 Å². The minimum absolute atomic E-state index is 0.0406. The van der Waals surface area contributed by atoms with Gasteiger partial charge in [0.25, 0.3) is 17.5 Å². The number of nitro benzene ring substituents is 1. The molecular weight excluding hydrogens is 425 g/mol. The number of amides is 2. The molecule has 3 aromatic carbocycles. The molecule has 1 aliphatic rings. The number of nitro groups is 1. The Morgan fingerprint density at radius 1 is 0.970 bits per heavy atom. The number of anilines is 1. The second-order valence-electron chi connectivity index (χ2n) is 7.79. The van der Waals surface area contributed by atoms with E-state index >= 15 is 0 Å². The first-order valence-electron chi connectivity index (χ1n) is 10.2. The third-order valence-corrected chi connectivity index (χ3v) is 5.47. The summed E-state index contributed by atoms with van der Waals surface area (Å²) in [6.07, 6.45) is 0. The van der Waals surface area contributed by atoms with E-state index in [4.69, 9.17) is 0 Å². The predicted octanol–water partition coefficient (Wildman–Crippen LogP) is 4.74. The van der Waals surface area contributed by atoms with Crippen LogP contribution in [-0.2, 0) is 16.1 Å². The molecule has 0 saturated heterocycles. The highest BCUT2D eigenvalue weighted by atomic mass is 19.1. The molecule has 8 heteroatoms. The number of carbonyl (C=O) groups excluding carboxylic acids is 2. The van der Waals surface area contributed by atoms with Gasteiger partial charge >= 0.3 is 0 Å². The molecule has 0 radical (unpaired) electrons. The molecule has 0 bridgehead atoms. The van der Waals surface area contributed by atoms with Crippen LogP contribution < -0.4 is 5.32 Å². The van der Waals surface area contributed by atoms with Crippen LogP contribution in [0, 0.1) is 29.8 Å². The van der Waals surface area contributed by atoms with Gasteiger partial charge in [-0.25, -0.2) is 4.39 Å². The molecule has 0 fully saturated rings. The molecule has 7 nitrogen and oxygen atoms in total. The maximum Gasteiger partial charge on any atom is 0.278 e. The van der Waals surface area contributed by atoms with Gasteiger partial charge in [-0.15, -0.1) is 0 Å². The maximum absolute atomic E-state index is 14.2. The largest absolute Gasteiger partial charge is 0.350 e. The number of carbonyl (C=O) groups is 2. The molecule has 0 spiro atoms. The highest BCUT2D eigenvalue weighted by molar-refractivity contribution is 6.36. The molecule has 1 aliphatic heterocycles. The number of aryl methyl sites for hydroxylation is 2. The van der Waals surface area contributed by atoms with Gasteiger partial charge in [0.1, 0.15) is 11.5 Å². The lowest BCUT2D eigenvalue weighted by molar-refractivity contribution is -0.384. The molecule has 4 rings (SSSR count). The zero-order chi connectivity index (χ0) is 23.7. The molecule has 0 saturated carbocycles. The summed E-state index contributed by atoms with van der Waals surface area (Å²) in [7, 11) is 0. The zero-order valence-electron chi connectivity index (χ0n) is 18.0. The Bertz CT molecular complexity index is 1320. The Labute approximate surface area is 189 Å². The standard InChI is InChI=1S/C25H20FN3O4/c1-15-7-8-16(2)21(13-15)27-23-22(17-9-11-19(12-10-17)29(32)33)24(30)28(25(23)31)14-18-5-3-4-6-20(18)26/h3-13,27H,14H2,1-2H3. The number of hydrogen-bond donors (Lipinski definition) is 1. The second kappa shape index (κ2) is 8.66. The maximum atomic E-state index is 14.2.